The van der Waals surface area contributed by atoms with Gasteiger partial charge in [-0.1, -0.05) is 18.2 Å². The Morgan fingerprint density at radius 1 is 0.735 bits per heavy atom. The van der Waals surface area contributed by atoms with Crippen LogP contribution in [0.4, 0.5) is 11.6 Å². The summed E-state index contributed by atoms with van der Waals surface area (Å²) in [5.74, 6) is 3.45. The first-order valence-electron chi connectivity index (χ1n) is 11.8. The largest absolute Gasteiger partial charge is 0.457 e. The lowest BCUT2D eigenvalue weighted by Gasteiger charge is -2.36. The number of piperazine rings is 2. The van der Waals surface area contributed by atoms with Crippen molar-refractivity contribution in [3.63, 3.8) is 0 Å². The summed E-state index contributed by atoms with van der Waals surface area (Å²) in [6.07, 6.45) is 1.65. The molecule has 0 saturated carbocycles. The first-order valence-corrected chi connectivity index (χ1v) is 11.8. The first kappa shape index (κ1) is 22.2. The van der Waals surface area contributed by atoms with Gasteiger partial charge in [0, 0.05) is 64.0 Å². The normalized spacial score (nSPS) is 17.0. The molecular weight excluding hydrogens is 428 g/mol. The third-order valence-electron chi connectivity index (χ3n) is 6.44. The second-order valence-electron chi connectivity index (χ2n) is 8.74. The molecule has 0 atom stereocenters. The fourth-order valence-corrected chi connectivity index (χ4v) is 4.33. The number of benzene rings is 2. The molecule has 1 aromatic heterocycles. The van der Waals surface area contributed by atoms with Crippen LogP contribution in [0.25, 0.3) is 0 Å². The average molecular weight is 459 g/mol. The summed E-state index contributed by atoms with van der Waals surface area (Å²) in [7, 11) is 2.15. The summed E-state index contributed by atoms with van der Waals surface area (Å²) in [6, 6.07) is 19.1. The number of aromatic nitrogens is 2. The van der Waals surface area contributed by atoms with Crippen molar-refractivity contribution in [3.05, 3.63) is 72.6 Å². The standard InChI is InChI=1S/C26H30N6O2/c1-29-11-13-30(14-12-29)24-19-25(28-20-27-24)31-15-17-32(18-16-31)26(33)21-7-9-23(10-8-21)34-22-5-3-2-4-6-22/h2-10,19-20H,11-18H2,1H3. The third kappa shape index (κ3) is 5.12. The number of ether oxygens (including phenoxy) is 1. The fraction of sp³-hybridized carbons (Fsp3) is 0.346. The monoisotopic (exact) mass is 458 g/mol. The topological polar surface area (TPSA) is 65.0 Å². The van der Waals surface area contributed by atoms with Crippen LogP contribution in [0, 0.1) is 0 Å². The number of likely N-dealkylation sites (N-methyl/N-ethyl adjacent to an activating group) is 1. The Labute approximate surface area is 200 Å². The summed E-state index contributed by atoms with van der Waals surface area (Å²) < 4.78 is 5.83. The Kier molecular flexibility index (Phi) is 6.58. The highest BCUT2D eigenvalue weighted by Crippen LogP contribution is 2.23. The molecule has 8 nitrogen and oxygen atoms in total. The van der Waals surface area contributed by atoms with Gasteiger partial charge in [0.1, 0.15) is 29.5 Å². The zero-order chi connectivity index (χ0) is 23.3. The number of hydrogen-bond donors (Lipinski definition) is 0. The summed E-state index contributed by atoms with van der Waals surface area (Å²) in [6.45, 7) is 6.86. The van der Waals surface area contributed by atoms with Gasteiger partial charge in [-0.25, -0.2) is 9.97 Å². The van der Waals surface area contributed by atoms with Crippen molar-refractivity contribution in [2.45, 2.75) is 0 Å². The Balaban J connectivity index is 1.17. The molecule has 2 fully saturated rings. The second kappa shape index (κ2) is 10.1. The number of carbonyl (C=O) groups is 1. The van der Waals surface area contributed by atoms with Gasteiger partial charge in [-0.3, -0.25) is 4.79 Å². The van der Waals surface area contributed by atoms with E-state index in [1.165, 1.54) is 0 Å². The van der Waals surface area contributed by atoms with E-state index < -0.39 is 0 Å². The molecule has 0 aliphatic carbocycles. The highest BCUT2D eigenvalue weighted by atomic mass is 16.5. The quantitative estimate of drug-likeness (QED) is 0.582. The number of amides is 1. The van der Waals surface area contributed by atoms with Crippen LogP contribution in [0.1, 0.15) is 10.4 Å². The van der Waals surface area contributed by atoms with Gasteiger partial charge in [0.2, 0.25) is 0 Å². The predicted molar refractivity (Wildman–Crippen MR) is 133 cm³/mol. The van der Waals surface area contributed by atoms with E-state index in [1.54, 1.807) is 6.33 Å². The van der Waals surface area contributed by atoms with Crippen molar-refractivity contribution in [2.75, 3.05) is 69.2 Å². The number of nitrogens with zero attached hydrogens (tertiary/aromatic N) is 6. The van der Waals surface area contributed by atoms with Gasteiger partial charge in [-0.05, 0) is 43.4 Å². The molecule has 0 spiro atoms. The van der Waals surface area contributed by atoms with Crippen molar-refractivity contribution < 1.29 is 9.53 Å². The molecule has 0 unspecified atom stereocenters. The summed E-state index contributed by atoms with van der Waals surface area (Å²) >= 11 is 0. The summed E-state index contributed by atoms with van der Waals surface area (Å²) in [5, 5.41) is 0. The lowest BCUT2D eigenvalue weighted by atomic mass is 10.1. The van der Waals surface area contributed by atoms with Crippen molar-refractivity contribution in [2.24, 2.45) is 0 Å². The molecule has 5 rings (SSSR count). The van der Waals surface area contributed by atoms with Crippen molar-refractivity contribution in [1.82, 2.24) is 19.8 Å². The van der Waals surface area contributed by atoms with Crippen LogP contribution in [0.15, 0.2) is 67.0 Å². The van der Waals surface area contributed by atoms with E-state index in [-0.39, 0.29) is 5.91 Å². The predicted octanol–water partition coefficient (Wildman–Crippen LogP) is 2.98. The van der Waals surface area contributed by atoms with Gasteiger partial charge in [0.15, 0.2) is 0 Å². The third-order valence-corrected chi connectivity index (χ3v) is 6.44. The molecule has 1 amide bonds. The Bertz CT molecular complexity index is 1090. The van der Waals surface area contributed by atoms with Crippen LogP contribution in [0.3, 0.4) is 0 Å². The van der Waals surface area contributed by atoms with Crippen molar-refractivity contribution >= 4 is 17.5 Å². The minimum absolute atomic E-state index is 0.0479. The van der Waals surface area contributed by atoms with Crippen LogP contribution >= 0.6 is 0 Å². The maximum atomic E-state index is 13.0. The number of carbonyl (C=O) groups excluding carboxylic acids is 1. The molecule has 34 heavy (non-hydrogen) atoms. The van der Waals surface area contributed by atoms with Gasteiger partial charge < -0.3 is 24.3 Å². The van der Waals surface area contributed by atoms with Crippen LogP contribution < -0.4 is 14.5 Å². The molecule has 3 heterocycles. The van der Waals surface area contributed by atoms with Crippen LogP contribution in [-0.4, -0.2) is 85.1 Å². The Hall–Kier alpha value is -3.65. The molecule has 0 radical (unpaired) electrons. The van der Waals surface area contributed by atoms with Gasteiger partial charge in [0.25, 0.3) is 5.91 Å². The van der Waals surface area contributed by atoms with Crippen molar-refractivity contribution in [3.8, 4) is 11.5 Å². The SMILES string of the molecule is CN1CCN(c2cc(N3CCN(C(=O)c4ccc(Oc5ccccc5)cc4)CC3)ncn2)CC1. The van der Waals surface area contributed by atoms with E-state index in [2.05, 4.69) is 37.8 Å². The van der Waals surface area contributed by atoms with Gasteiger partial charge in [-0.15, -0.1) is 0 Å². The number of rotatable bonds is 5. The maximum absolute atomic E-state index is 13.0. The highest BCUT2D eigenvalue weighted by Gasteiger charge is 2.24. The van der Waals surface area contributed by atoms with Gasteiger partial charge in [-0.2, -0.15) is 0 Å². The minimum atomic E-state index is 0.0479. The smallest absolute Gasteiger partial charge is 0.253 e. The average Bonchev–Trinajstić information content (AvgIpc) is 2.90. The molecule has 176 valence electrons. The molecule has 8 heteroatoms. The zero-order valence-electron chi connectivity index (χ0n) is 19.5. The zero-order valence-corrected chi connectivity index (χ0v) is 19.5. The molecule has 2 aliphatic heterocycles. The maximum Gasteiger partial charge on any atom is 0.253 e. The van der Waals surface area contributed by atoms with E-state index in [0.717, 1.165) is 56.7 Å². The van der Waals surface area contributed by atoms with E-state index in [0.29, 0.717) is 24.4 Å². The number of anilines is 2. The van der Waals surface area contributed by atoms with E-state index >= 15 is 0 Å². The fourth-order valence-electron chi connectivity index (χ4n) is 4.33. The van der Waals surface area contributed by atoms with E-state index in [1.807, 2.05) is 59.5 Å². The molecular formula is C26H30N6O2. The van der Waals surface area contributed by atoms with Crippen LogP contribution in [0.2, 0.25) is 0 Å². The molecule has 2 aromatic carbocycles. The van der Waals surface area contributed by atoms with E-state index in [4.69, 9.17) is 4.74 Å². The van der Waals surface area contributed by atoms with E-state index in [9.17, 15) is 4.79 Å². The van der Waals surface area contributed by atoms with Gasteiger partial charge in [0.05, 0.1) is 0 Å². The number of hydrogen-bond acceptors (Lipinski definition) is 7. The Morgan fingerprint density at radius 2 is 1.29 bits per heavy atom. The Morgan fingerprint density at radius 3 is 1.91 bits per heavy atom. The lowest BCUT2D eigenvalue weighted by Crippen LogP contribution is -2.49. The molecule has 3 aromatic rings. The van der Waals surface area contributed by atoms with Gasteiger partial charge >= 0.3 is 0 Å². The first-order chi connectivity index (χ1) is 16.7. The summed E-state index contributed by atoms with van der Waals surface area (Å²) in [5.41, 5.74) is 0.674. The number of para-hydroxylation sites is 1. The molecule has 0 bridgehead atoms. The lowest BCUT2D eigenvalue weighted by molar-refractivity contribution is 0.0746. The molecule has 0 N–H and O–H groups in total. The summed E-state index contributed by atoms with van der Waals surface area (Å²) in [4.78, 5) is 30.8. The van der Waals surface area contributed by atoms with Crippen LogP contribution in [-0.2, 0) is 0 Å². The highest BCUT2D eigenvalue weighted by molar-refractivity contribution is 5.94. The minimum Gasteiger partial charge on any atom is -0.457 e. The van der Waals surface area contributed by atoms with Crippen molar-refractivity contribution in [1.29, 1.82) is 0 Å². The molecule has 2 saturated heterocycles. The second-order valence-corrected chi connectivity index (χ2v) is 8.74. The van der Waals surface area contributed by atoms with Crippen LogP contribution in [0.5, 0.6) is 11.5 Å². The molecule has 2 aliphatic rings.